The zero-order valence-electron chi connectivity index (χ0n) is 10.3. The van der Waals surface area contributed by atoms with E-state index in [4.69, 9.17) is 5.11 Å². The Morgan fingerprint density at radius 1 is 1.35 bits per heavy atom. The number of carbonyl (C=O) groups is 1. The molecule has 6 heteroatoms. The van der Waals surface area contributed by atoms with Gasteiger partial charge in [-0.25, -0.2) is 14.8 Å². The molecule has 0 aliphatic carbocycles. The first kappa shape index (κ1) is 12.8. The Morgan fingerprint density at radius 3 is 3.00 bits per heavy atom. The third kappa shape index (κ3) is 2.30. The molecule has 3 aromatic rings. The first-order valence-electron chi connectivity index (χ1n) is 5.92. The number of carboxylic acids is 1. The van der Waals surface area contributed by atoms with Gasteiger partial charge < -0.3 is 9.67 Å². The van der Waals surface area contributed by atoms with Gasteiger partial charge in [0.05, 0.1) is 12.2 Å². The minimum atomic E-state index is -1.02. The quantitative estimate of drug-likeness (QED) is 0.801. The fourth-order valence-electron chi connectivity index (χ4n) is 2.12. The molecule has 1 N–H and O–H groups in total. The Balaban J connectivity index is 2.06. The smallest absolute Gasteiger partial charge is 0.339 e. The highest BCUT2D eigenvalue weighted by Crippen LogP contribution is 2.22. The molecule has 0 bridgehead atoms. The molecule has 0 fully saturated rings. The van der Waals surface area contributed by atoms with Crippen LogP contribution in [0.2, 0.25) is 0 Å². The van der Waals surface area contributed by atoms with E-state index in [0.717, 1.165) is 15.4 Å². The van der Waals surface area contributed by atoms with E-state index < -0.39 is 5.97 Å². The summed E-state index contributed by atoms with van der Waals surface area (Å²) in [6, 6.07) is 7.97. The molecule has 1 aromatic carbocycles. The van der Waals surface area contributed by atoms with Crippen LogP contribution in [0.4, 0.5) is 0 Å². The summed E-state index contributed by atoms with van der Waals surface area (Å²) in [5, 5.41) is 10.3. The highest BCUT2D eigenvalue weighted by molar-refractivity contribution is 9.10. The van der Waals surface area contributed by atoms with Crippen LogP contribution in [-0.4, -0.2) is 25.6 Å². The number of aromatic carboxylic acids is 1. The average Bonchev–Trinajstić information content (AvgIpc) is 2.82. The molecule has 5 nitrogen and oxygen atoms in total. The number of hydrogen-bond donors (Lipinski definition) is 1. The molecule has 0 saturated heterocycles. The SMILES string of the molecule is O=C(O)c1cncnc1Cn1ccc2ccc(Br)cc21. The van der Waals surface area contributed by atoms with Crippen molar-refractivity contribution in [2.75, 3.05) is 0 Å². The van der Waals surface area contributed by atoms with E-state index in [2.05, 4.69) is 25.9 Å². The van der Waals surface area contributed by atoms with Gasteiger partial charge in [0.25, 0.3) is 0 Å². The monoisotopic (exact) mass is 331 g/mol. The summed E-state index contributed by atoms with van der Waals surface area (Å²) in [7, 11) is 0. The third-order valence-corrected chi connectivity index (χ3v) is 3.57. The predicted octanol–water partition coefficient (Wildman–Crippen LogP) is 2.94. The lowest BCUT2D eigenvalue weighted by molar-refractivity contribution is 0.0694. The van der Waals surface area contributed by atoms with Crippen LogP contribution in [-0.2, 0) is 6.54 Å². The number of rotatable bonds is 3. The topological polar surface area (TPSA) is 68.0 Å². The molecular formula is C14H10BrN3O2. The van der Waals surface area contributed by atoms with Gasteiger partial charge in [0.2, 0.25) is 0 Å². The molecule has 0 radical (unpaired) electrons. The molecule has 20 heavy (non-hydrogen) atoms. The molecule has 2 aromatic heterocycles. The summed E-state index contributed by atoms with van der Waals surface area (Å²) in [5.74, 6) is -1.02. The first-order valence-corrected chi connectivity index (χ1v) is 6.71. The lowest BCUT2D eigenvalue weighted by atomic mass is 10.2. The van der Waals surface area contributed by atoms with Crippen molar-refractivity contribution in [3.63, 3.8) is 0 Å². The van der Waals surface area contributed by atoms with Gasteiger partial charge in [-0.2, -0.15) is 0 Å². The number of hydrogen-bond acceptors (Lipinski definition) is 3. The van der Waals surface area contributed by atoms with Crippen molar-refractivity contribution in [1.29, 1.82) is 0 Å². The number of halogens is 1. The van der Waals surface area contributed by atoms with E-state index in [-0.39, 0.29) is 5.56 Å². The maximum absolute atomic E-state index is 11.2. The normalized spacial score (nSPS) is 10.8. The Hall–Kier alpha value is -2.21. The molecule has 0 spiro atoms. The maximum Gasteiger partial charge on any atom is 0.339 e. The summed E-state index contributed by atoms with van der Waals surface area (Å²) in [6.45, 7) is 0.393. The Labute approximate surface area is 123 Å². The molecule has 0 aliphatic heterocycles. The largest absolute Gasteiger partial charge is 0.478 e. The minimum absolute atomic E-state index is 0.129. The highest BCUT2D eigenvalue weighted by atomic mass is 79.9. The van der Waals surface area contributed by atoms with Gasteiger partial charge in [0.15, 0.2) is 0 Å². The lowest BCUT2D eigenvalue weighted by Crippen LogP contribution is -2.09. The number of aromatic nitrogens is 3. The van der Waals surface area contributed by atoms with E-state index in [1.807, 2.05) is 35.0 Å². The molecule has 0 unspecified atom stereocenters. The molecule has 0 saturated carbocycles. The second-order valence-electron chi connectivity index (χ2n) is 4.34. The van der Waals surface area contributed by atoms with Crippen LogP contribution in [0, 0.1) is 0 Å². The molecular weight excluding hydrogens is 322 g/mol. The fraction of sp³-hybridized carbons (Fsp3) is 0.0714. The van der Waals surface area contributed by atoms with Gasteiger partial charge in [-0.15, -0.1) is 0 Å². The van der Waals surface area contributed by atoms with Gasteiger partial charge >= 0.3 is 5.97 Å². The number of nitrogens with zero attached hydrogens (tertiary/aromatic N) is 3. The van der Waals surface area contributed by atoms with E-state index in [1.54, 1.807) is 0 Å². The van der Waals surface area contributed by atoms with Gasteiger partial charge in [-0.1, -0.05) is 22.0 Å². The fourth-order valence-corrected chi connectivity index (χ4v) is 2.46. The molecule has 0 aliphatic rings. The van der Waals surface area contributed by atoms with E-state index in [1.165, 1.54) is 12.5 Å². The maximum atomic E-state index is 11.2. The van der Waals surface area contributed by atoms with Crippen LogP contribution in [0.25, 0.3) is 10.9 Å². The first-order chi connectivity index (χ1) is 9.65. The summed E-state index contributed by atoms with van der Waals surface area (Å²) >= 11 is 3.44. The number of carboxylic acid groups (broad SMARTS) is 1. The lowest BCUT2D eigenvalue weighted by Gasteiger charge is -2.07. The zero-order valence-corrected chi connectivity index (χ0v) is 11.9. The van der Waals surface area contributed by atoms with Crippen molar-refractivity contribution in [1.82, 2.24) is 14.5 Å². The second kappa shape index (κ2) is 5.05. The Morgan fingerprint density at radius 2 is 2.20 bits per heavy atom. The predicted molar refractivity (Wildman–Crippen MR) is 77.7 cm³/mol. The van der Waals surface area contributed by atoms with Crippen LogP contribution >= 0.6 is 15.9 Å². The average molecular weight is 332 g/mol. The van der Waals surface area contributed by atoms with Crippen LogP contribution < -0.4 is 0 Å². The van der Waals surface area contributed by atoms with E-state index >= 15 is 0 Å². The summed E-state index contributed by atoms with van der Waals surface area (Å²) in [5.41, 5.74) is 1.64. The van der Waals surface area contributed by atoms with Crippen molar-refractivity contribution in [3.8, 4) is 0 Å². The van der Waals surface area contributed by atoms with Gasteiger partial charge in [-0.05, 0) is 23.6 Å². The van der Waals surface area contributed by atoms with Crippen molar-refractivity contribution in [2.24, 2.45) is 0 Å². The number of benzene rings is 1. The molecule has 0 atom stereocenters. The Kier molecular flexibility index (Phi) is 3.23. The van der Waals surface area contributed by atoms with Crippen molar-refractivity contribution >= 4 is 32.8 Å². The van der Waals surface area contributed by atoms with Crippen molar-refractivity contribution in [2.45, 2.75) is 6.54 Å². The van der Waals surface area contributed by atoms with Crippen LogP contribution in [0.5, 0.6) is 0 Å². The van der Waals surface area contributed by atoms with Crippen molar-refractivity contribution in [3.05, 3.63) is 58.7 Å². The standard InChI is InChI=1S/C14H10BrN3O2/c15-10-2-1-9-3-4-18(13(9)5-10)7-12-11(14(19)20)6-16-8-17-12/h1-6,8H,7H2,(H,19,20). The number of fused-ring (bicyclic) bond motifs is 1. The van der Waals surface area contributed by atoms with Gasteiger partial charge in [0, 0.05) is 22.4 Å². The summed E-state index contributed by atoms with van der Waals surface area (Å²) in [6.07, 6.45) is 4.61. The Bertz CT molecular complexity index is 798. The summed E-state index contributed by atoms with van der Waals surface area (Å²) < 4.78 is 2.94. The van der Waals surface area contributed by atoms with Crippen molar-refractivity contribution < 1.29 is 9.90 Å². The molecule has 100 valence electrons. The molecule has 2 heterocycles. The van der Waals surface area contributed by atoms with Crippen LogP contribution in [0.15, 0.2) is 47.5 Å². The van der Waals surface area contributed by atoms with Gasteiger partial charge in [-0.3, -0.25) is 0 Å². The molecule has 0 amide bonds. The van der Waals surface area contributed by atoms with Gasteiger partial charge in [0.1, 0.15) is 11.9 Å². The zero-order chi connectivity index (χ0) is 14.1. The van der Waals surface area contributed by atoms with Crippen LogP contribution in [0.1, 0.15) is 16.1 Å². The molecule has 3 rings (SSSR count). The van der Waals surface area contributed by atoms with Crippen LogP contribution in [0.3, 0.4) is 0 Å². The third-order valence-electron chi connectivity index (χ3n) is 3.08. The summed E-state index contributed by atoms with van der Waals surface area (Å²) in [4.78, 5) is 19.0. The minimum Gasteiger partial charge on any atom is -0.478 e. The van der Waals surface area contributed by atoms with E-state index in [0.29, 0.717) is 12.2 Å². The second-order valence-corrected chi connectivity index (χ2v) is 5.25. The highest BCUT2D eigenvalue weighted by Gasteiger charge is 2.12. The van der Waals surface area contributed by atoms with E-state index in [9.17, 15) is 4.79 Å².